The number of nitrogens with zero attached hydrogens (tertiary/aromatic N) is 1. The second kappa shape index (κ2) is 12.5. The zero-order valence-corrected chi connectivity index (χ0v) is 15.3. The van der Waals surface area contributed by atoms with Crippen LogP contribution in [-0.4, -0.2) is 43.4 Å². The van der Waals surface area contributed by atoms with E-state index < -0.39 is 0 Å². The van der Waals surface area contributed by atoms with Crippen LogP contribution in [0.25, 0.3) is 0 Å². The third-order valence-electron chi connectivity index (χ3n) is 2.76. The lowest BCUT2D eigenvalue weighted by Gasteiger charge is -2.17. The van der Waals surface area contributed by atoms with E-state index in [2.05, 4.69) is 15.6 Å². The van der Waals surface area contributed by atoms with Gasteiger partial charge in [0, 0.05) is 19.2 Å². The number of rotatable bonds is 8. The minimum Gasteiger partial charge on any atom is -0.488 e. The summed E-state index contributed by atoms with van der Waals surface area (Å²) >= 11 is 0. The predicted octanol–water partition coefficient (Wildman–Crippen LogP) is 2.15. The number of halogens is 2. The smallest absolute Gasteiger partial charge is 0.191 e. The lowest BCUT2D eigenvalue weighted by atomic mass is 10.2. The molecule has 0 aromatic heterocycles. The van der Waals surface area contributed by atoms with Gasteiger partial charge in [-0.1, -0.05) is 13.0 Å². The van der Waals surface area contributed by atoms with Gasteiger partial charge in [0.2, 0.25) is 0 Å². The molecule has 0 aliphatic heterocycles. The molecule has 0 spiro atoms. The van der Waals surface area contributed by atoms with E-state index in [-0.39, 0.29) is 42.5 Å². The van der Waals surface area contributed by atoms with E-state index in [0.717, 1.165) is 13.0 Å². The van der Waals surface area contributed by atoms with Gasteiger partial charge >= 0.3 is 0 Å². The zero-order valence-electron chi connectivity index (χ0n) is 13.0. The van der Waals surface area contributed by atoms with Gasteiger partial charge < -0.3 is 20.5 Å². The molecule has 0 aliphatic carbocycles. The molecule has 0 saturated heterocycles. The van der Waals surface area contributed by atoms with Crippen LogP contribution in [0.15, 0.2) is 29.3 Å². The van der Waals surface area contributed by atoms with Gasteiger partial charge in [0.15, 0.2) is 5.96 Å². The van der Waals surface area contributed by atoms with Crippen LogP contribution in [0.2, 0.25) is 0 Å². The topological polar surface area (TPSA) is 65.9 Å². The molecule has 0 bridgehead atoms. The maximum absolute atomic E-state index is 13.1. The summed E-state index contributed by atoms with van der Waals surface area (Å²) < 4.78 is 18.8. The highest BCUT2D eigenvalue weighted by Gasteiger charge is 2.09. The number of aliphatic imine (C=N–C) groups is 1. The van der Waals surface area contributed by atoms with Gasteiger partial charge in [-0.3, -0.25) is 0 Å². The van der Waals surface area contributed by atoms with E-state index in [1.165, 1.54) is 12.1 Å². The van der Waals surface area contributed by atoms with Gasteiger partial charge in [0.05, 0.1) is 13.2 Å². The summed E-state index contributed by atoms with van der Waals surface area (Å²) in [4.78, 5) is 4.41. The van der Waals surface area contributed by atoms with Crippen LogP contribution in [0.5, 0.6) is 5.75 Å². The monoisotopic (exact) mass is 425 g/mol. The normalized spacial score (nSPS) is 12.3. The number of guanidine groups is 1. The Balaban J connectivity index is 0.00000441. The van der Waals surface area contributed by atoms with Crippen molar-refractivity contribution >= 4 is 29.9 Å². The predicted molar refractivity (Wildman–Crippen MR) is 97.6 cm³/mol. The molecule has 1 aromatic rings. The Bertz CT molecular complexity index is 447. The second-order valence-electron chi connectivity index (χ2n) is 4.48. The molecular weight excluding hydrogens is 400 g/mol. The highest BCUT2D eigenvalue weighted by atomic mass is 127. The first kappa shape index (κ1) is 20.9. The summed E-state index contributed by atoms with van der Waals surface area (Å²) in [6.45, 7) is 5.63. The van der Waals surface area contributed by atoms with Gasteiger partial charge in [0.1, 0.15) is 17.7 Å². The number of aliphatic hydroxyl groups excluding tert-OH is 1. The molecule has 1 unspecified atom stereocenters. The average molecular weight is 425 g/mol. The van der Waals surface area contributed by atoms with Crippen LogP contribution in [0.1, 0.15) is 20.3 Å². The van der Waals surface area contributed by atoms with Gasteiger partial charge in [-0.2, -0.15) is 0 Å². The van der Waals surface area contributed by atoms with Crippen LogP contribution in [0.4, 0.5) is 4.39 Å². The lowest BCUT2D eigenvalue weighted by Crippen LogP contribution is -2.39. The number of hydrogen-bond acceptors (Lipinski definition) is 3. The number of nitrogens with one attached hydrogen (secondary N) is 2. The van der Waals surface area contributed by atoms with E-state index >= 15 is 0 Å². The average Bonchev–Trinajstić information content (AvgIpc) is 2.48. The Morgan fingerprint density at radius 1 is 1.36 bits per heavy atom. The summed E-state index contributed by atoms with van der Waals surface area (Å²) in [6, 6.07) is 6.09. The molecule has 1 aromatic carbocycles. The molecule has 0 amide bonds. The summed E-state index contributed by atoms with van der Waals surface area (Å²) in [5, 5.41) is 14.9. The fourth-order valence-electron chi connectivity index (χ4n) is 1.69. The molecule has 7 heteroatoms. The van der Waals surface area contributed by atoms with Crippen molar-refractivity contribution in [3.8, 4) is 5.75 Å². The van der Waals surface area contributed by atoms with Crippen LogP contribution in [0.3, 0.4) is 0 Å². The molecule has 22 heavy (non-hydrogen) atoms. The fourth-order valence-corrected chi connectivity index (χ4v) is 1.69. The molecule has 0 fully saturated rings. The minimum absolute atomic E-state index is 0. The summed E-state index contributed by atoms with van der Waals surface area (Å²) in [5.41, 5.74) is 0. The SMILES string of the molecule is CCNC(=NCC(CC)Oc1cccc(F)c1)NCCO.I. The van der Waals surface area contributed by atoms with Gasteiger partial charge in [-0.25, -0.2) is 9.38 Å². The van der Waals surface area contributed by atoms with E-state index in [9.17, 15) is 4.39 Å². The first-order valence-corrected chi connectivity index (χ1v) is 7.24. The quantitative estimate of drug-likeness (QED) is 0.339. The molecule has 0 radical (unpaired) electrons. The van der Waals surface area contributed by atoms with E-state index in [1.54, 1.807) is 12.1 Å². The number of hydrogen-bond donors (Lipinski definition) is 3. The zero-order chi connectivity index (χ0) is 15.5. The van der Waals surface area contributed by atoms with E-state index in [1.807, 2.05) is 13.8 Å². The molecule has 3 N–H and O–H groups in total. The largest absolute Gasteiger partial charge is 0.488 e. The molecule has 0 aliphatic rings. The van der Waals surface area contributed by atoms with Crippen LogP contribution in [-0.2, 0) is 0 Å². The van der Waals surface area contributed by atoms with Gasteiger partial charge in [-0.05, 0) is 25.5 Å². The van der Waals surface area contributed by atoms with Crippen molar-refractivity contribution in [2.75, 3.05) is 26.2 Å². The number of ether oxygens (including phenoxy) is 1. The van der Waals surface area contributed by atoms with Crippen molar-refractivity contribution in [2.24, 2.45) is 4.99 Å². The maximum Gasteiger partial charge on any atom is 0.191 e. The van der Waals surface area contributed by atoms with Crippen molar-refractivity contribution in [2.45, 2.75) is 26.4 Å². The Morgan fingerprint density at radius 3 is 2.73 bits per heavy atom. The maximum atomic E-state index is 13.1. The minimum atomic E-state index is -0.316. The van der Waals surface area contributed by atoms with Crippen molar-refractivity contribution in [1.29, 1.82) is 0 Å². The molecule has 1 atom stereocenters. The highest BCUT2D eigenvalue weighted by molar-refractivity contribution is 14.0. The first-order valence-electron chi connectivity index (χ1n) is 7.24. The molecule has 0 heterocycles. The Hall–Kier alpha value is -1.09. The van der Waals surface area contributed by atoms with Crippen LogP contribution >= 0.6 is 24.0 Å². The summed E-state index contributed by atoms with van der Waals surface area (Å²) in [6.07, 6.45) is 0.635. The van der Waals surface area contributed by atoms with Crippen molar-refractivity contribution in [1.82, 2.24) is 10.6 Å². The molecule has 0 saturated carbocycles. The highest BCUT2D eigenvalue weighted by Crippen LogP contribution is 2.15. The van der Waals surface area contributed by atoms with E-state index in [0.29, 0.717) is 24.8 Å². The third-order valence-corrected chi connectivity index (χ3v) is 2.76. The Labute approximate surface area is 148 Å². The first-order chi connectivity index (χ1) is 10.2. The summed E-state index contributed by atoms with van der Waals surface area (Å²) in [5.74, 6) is 0.821. The summed E-state index contributed by atoms with van der Waals surface area (Å²) in [7, 11) is 0. The molecular formula is C15H25FIN3O2. The molecule has 126 valence electrons. The lowest BCUT2D eigenvalue weighted by molar-refractivity contribution is 0.205. The fraction of sp³-hybridized carbons (Fsp3) is 0.533. The molecule has 1 rings (SSSR count). The standard InChI is InChI=1S/C15H24FN3O2.HI/c1-3-13(21-14-7-5-6-12(16)10-14)11-19-15(17-4-2)18-8-9-20;/h5-7,10,13,20H,3-4,8-9,11H2,1-2H3,(H2,17,18,19);1H. The molecule has 5 nitrogen and oxygen atoms in total. The van der Waals surface area contributed by atoms with Crippen molar-refractivity contribution in [3.05, 3.63) is 30.1 Å². The second-order valence-corrected chi connectivity index (χ2v) is 4.48. The number of aliphatic hydroxyl groups is 1. The van der Waals surface area contributed by atoms with Crippen molar-refractivity contribution < 1.29 is 14.2 Å². The Kier molecular flexibility index (Phi) is 11.8. The van der Waals surface area contributed by atoms with E-state index in [4.69, 9.17) is 9.84 Å². The van der Waals surface area contributed by atoms with Gasteiger partial charge in [-0.15, -0.1) is 24.0 Å². The van der Waals surface area contributed by atoms with Crippen LogP contribution in [0, 0.1) is 5.82 Å². The number of benzene rings is 1. The van der Waals surface area contributed by atoms with Crippen molar-refractivity contribution in [3.63, 3.8) is 0 Å². The Morgan fingerprint density at radius 2 is 2.14 bits per heavy atom. The van der Waals surface area contributed by atoms with Crippen LogP contribution < -0.4 is 15.4 Å². The van der Waals surface area contributed by atoms with Gasteiger partial charge in [0.25, 0.3) is 0 Å². The third kappa shape index (κ3) is 8.38.